The number of hydrogen-bond donors (Lipinski definition) is 0. The van der Waals surface area contributed by atoms with Gasteiger partial charge in [0, 0.05) is 17.9 Å². The highest BCUT2D eigenvalue weighted by atomic mass is 19.1. The van der Waals surface area contributed by atoms with Gasteiger partial charge in [-0.3, -0.25) is 4.79 Å². The number of benzene rings is 2. The minimum absolute atomic E-state index is 0.0723. The first-order valence-corrected chi connectivity index (χ1v) is 10.1. The number of carbonyl (C=O) groups is 1. The minimum atomic E-state index is -0.289. The minimum Gasteiger partial charge on any atom is -0.294 e. The average molecular weight is 392 g/mol. The molecule has 1 aromatic heterocycles. The first-order valence-electron chi connectivity index (χ1n) is 10.1. The van der Waals surface area contributed by atoms with E-state index in [0.29, 0.717) is 17.9 Å². The summed E-state index contributed by atoms with van der Waals surface area (Å²) in [4.78, 5) is 13.1. The molecule has 0 saturated heterocycles. The predicted molar refractivity (Wildman–Crippen MR) is 110 cm³/mol. The molecular formula is C23H25FN4O. The molecule has 1 saturated carbocycles. The van der Waals surface area contributed by atoms with Crippen molar-refractivity contribution in [3.63, 3.8) is 0 Å². The van der Waals surface area contributed by atoms with Gasteiger partial charge in [0.05, 0.1) is 5.69 Å². The second-order valence-corrected chi connectivity index (χ2v) is 8.62. The van der Waals surface area contributed by atoms with E-state index in [2.05, 4.69) is 36.3 Å². The van der Waals surface area contributed by atoms with Crippen LogP contribution < -0.4 is 0 Å². The molecule has 6 heteroatoms. The van der Waals surface area contributed by atoms with Gasteiger partial charge in [-0.1, -0.05) is 39.3 Å². The van der Waals surface area contributed by atoms with Gasteiger partial charge in [0.1, 0.15) is 5.82 Å². The van der Waals surface area contributed by atoms with E-state index in [0.717, 1.165) is 41.9 Å². The number of hydrogen-bond acceptors (Lipinski definition) is 4. The lowest BCUT2D eigenvalue weighted by Gasteiger charge is -2.21. The van der Waals surface area contributed by atoms with E-state index < -0.39 is 0 Å². The molecule has 2 aromatic carbocycles. The quantitative estimate of drug-likeness (QED) is 0.508. The van der Waals surface area contributed by atoms with Crippen molar-refractivity contribution in [3.05, 3.63) is 59.7 Å². The highest BCUT2D eigenvalue weighted by molar-refractivity contribution is 5.98. The Morgan fingerprint density at radius 1 is 1.14 bits per heavy atom. The lowest BCUT2D eigenvalue weighted by molar-refractivity contribution is 0.0928. The molecule has 1 heterocycles. The maximum atomic E-state index is 13.4. The Bertz CT molecular complexity index is 1040. The summed E-state index contributed by atoms with van der Waals surface area (Å²) in [6, 6.07) is 12.0. The summed E-state index contributed by atoms with van der Waals surface area (Å²) < 4.78 is 15.1. The smallest absolute Gasteiger partial charge is 0.163 e. The van der Waals surface area contributed by atoms with Crippen LogP contribution in [0.2, 0.25) is 0 Å². The van der Waals surface area contributed by atoms with Gasteiger partial charge >= 0.3 is 0 Å². The van der Waals surface area contributed by atoms with Crippen LogP contribution in [0.4, 0.5) is 4.39 Å². The van der Waals surface area contributed by atoms with E-state index in [4.69, 9.17) is 0 Å². The molecule has 150 valence electrons. The van der Waals surface area contributed by atoms with Crippen molar-refractivity contribution in [1.29, 1.82) is 0 Å². The largest absolute Gasteiger partial charge is 0.294 e. The third-order valence-corrected chi connectivity index (χ3v) is 5.69. The van der Waals surface area contributed by atoms with Crippen LogP contribution >= 0.6 is 0 Å². The molecule has 0 amide bonds. The van der Waals surface area contributed by atoms with Crippen LogP contribution in [-0.4, -0.2) is 26.0 Å². The monoisotopic (exact) mass is 392 g/mol. The molecule has 0 unspecified atom stereocenters. The second-order valence-electron chi connectivity index (χ2n) is 8.62. The van der Waals surface area contributed by atoms with E-state index >= 15 is 0 Å². The number of nitrogens with zero attached hydrogens (tertiary/aromatic N) is 4. The van der Waals surface area contributed by atoms with Gasteiger partial charge in [-0.15, -0.1) is 5.10 Å². The second kappa shape index (κ2) is 7.50. The van der Waals surface area contributed by atoms with Crippen LogP contribution in [0.3, 0.4) is 0 Å². The molecule has 0 aliphatic heterocycles. The van der Waals surface area contributed by atoms with Crippen molar-refractivity contribution in [1.82, 2.24) is 20.2 Å². The molecule has 0 atom stereocenters. The lowest BCUT2D eigenvalue weighted by atomic mass is 9.83. The number of ketones is 1. The highest BCUT2D eigenvalue weighted by Gasteiger charge is 2.30. The van der Waals surface area contributed by atoms with Crippen LogP contribution in [-0.2, 0) is 0 Å². The maximum absolute atomic E-state index is 13.4. The number of aromatic nitrogens is 4. The van der Waals surface area contributed by atoms with Crippen LogP contribution in [0.25, 0.3) is 16.8 Å². The summed E-state index contributed by atoms with van der Waals surface area (Å²) in [5.74, 6) is 0.997. The number of rotatable bonds is 7. The molecule has 0 radical (unpaired) electrons. The van der Waals surface area contributed by atoms with Gasteiger partial charge in [-0.05, 0) is 70.1 Å². The van der Waals surface area contributed by atoms with Gasteiger partial charge in [-0.2, -0.15) is 4.68 Å². The molecule has 5 nitrogen and oxygen atoms in total. The average Bonchev–Trinajstić information content (AvgIpc) is 3.44. The Kier molecular flexibility index (Phi) is 5.03. The summed E-state index contributed by atoms with van der Waals surface area (Å²) in [6.45, 7) is 6.29. The molecule has 0 N–H and O–H groups in total. The summed E-state index contributed by atoms with van der Waals surface area (Å²) in [6.07, 6.45) is 3.53. The molecule has 1 aliphatic carbocycles. The predicted octanol–water partition coefficient (Wildman–Crippen LogP) is 5.35. The maximum Gasteiger partial charge on any atom is 0.163 e. The van der Waals surface area contributed by atoms with Crippen LogP contribution in [0.15, 0.2) is 42.5 Å². The fourth-order valence-electron chi connectivity index (χ4n) is 3.34. The summed E-state index contributed by atoms with van der Waals surface area (Å²) in [5.41, 5.74) is 3.00. The molecule has 0 spiro atoms. The summed E-state index contributed by atoms with van der Waals surface area (Å²) in [7, 11) is 0. The molecule has 29 heavy (non-hydrogen) atoms. The number of halogens is 1. The van der Waals surface area contributed by atoms with E-state index in [1.807, 2.05) is 18.2 Å². The molecule has 3 aromatic rings. The molecule has 1 fully saturated rings. The Hall–Kier alpha value is -2.89. The number of tetrazole rings is 1. The highest BCUT2D eigenvalue weighted by Crippen LogP contribution is 2.39. The van der Waals surface area contributed by atoms with Crippen molar-refractivity contribution in [2.45, 2.75) is 52.4 Å². The normalized spacial score (nSPS) is 14.2. The van der Waals surface area contributed by atoms with E-state index in [-0.39, 0.29) is 17.0 Å². The zero-order chi connectivity index (χ0) is 20.6. The molecule has 4 rings (SSSR count). The molecular weight excluding hydrogens is 367 g/mol. The first kappa shape index (κ1) is 19.4. The van der Waals surface area contributed by atoms with Gasteiger partial charge in [0.25, 0.3) is 0 Å². The van der Waals surface area contributed by atoms with Crippen molar-refractivity contribution in [2.75, 3.05) is 0 Å². The molecule has 0 bridgehead atoms. The van der Waals surface area contributed by atoms with E-state index in [1.165, 1.54) is 12.1 Å². The lowest BCUT2D eigenvalue weighted by Crippen LogP contribution is -2.16. The zero-order valence-corrected chi connectivity index (χ0v) is 17.0. The number of carbonyl (C=O) groups excluding carboxylic acids is 1. The molecule has 1 aliphatic rings. The Balaban J connectivity index is 1.80. The summed E-state index contributed by atoms with van der Waals surface area (Å²) >= 11 is 0. The zero-order valence-electron chi connectivity index (χ0n) is 17.0. The van der Waals surface area contributed by atoms with Crippen molar-refractivity contribution in [3.8, 4) is 16.8 Å². The third-order valence-electron chi connectivity index (χ3n) is 5.69. The van der Waals surface area contributed by atoms with Crippen LogP contribution in [0.5, 0.6) is 0 Å². The van der Waals surface area contributed by atoms with Crippen LogP contribution in [0.1, 0.15) is 68.6 Å². The topological polar surface area (TPSA) is 60.7 Å². The van der Waals surface area contributed by atoms with Crippen molar-refractivity contribution in [2.24, 2.45) is 5.41 Å². The van der Waals surface area contributed by atoms with Crippen molar-refractivity contribution < 1.29 is 9.18 Å². The van der Waals surface area contributed by atoms with E-state index in [1.54, 1.807) is 16.8 Å². The van der Waals surface area contributed by atoms with Crippen molar-refractivity contribution >= 4 is 5.78 Å². The van der Waals surface area contributed by atoms with Gasteiger partial charge in [0.15, 0.2) is 11.6 Å². The Morgan fingerprint density at radius 3 is 2.52 bits per heavy atom. The fraction of sp³-hybridized carbons (Fsp3) is 0.391. The van der Waals surface area contributed by atoms with Gasteiger partial charge < -0.3 is 0 Å². The standard InChI is InChI=1S/C23H25FN4O/c1-4-23(2,3)14-21(29)18-11-17(15-7-9-19(24)10-8-15)12-20(13-18)28-22(16-5-6-16)25-26-27-28/h7-13,16H,4-6,14H2,1-3H3. The van der Waals surface area contributed by atoms with Crippen LogP contribution in [0, 0.1) is 11.2 Å². The van der Waals surface area contributed by atoms with E-state index in [9.17, 15) is 9.18 Å². The Morgan fingerprint density at radius 2 is 1.86 bits per heavy atom. The number of Topliss-reactive ketones (excluding diaryl/α,β-unsaturated/α-hetero) is 1. The third kappa shape index (κ3) is 4.26. The fourth-order valence-corrected chi connectivity index (χ4v) is 3.34. The summed E-state index contributed by atoms with van der Waals surface area (Å²) in [5, 5.41) is 12.2. The van der Waals surface area contributed by atoms with Gasteiger partial charge in [-0.25, -0.2) is 4.39 Å². The van der Waals surface area contributed by atoms with Gasteiger partial charge in [0.2, 0.25) is 0 Å². The Labute approximate surface area is 169 Å². The first-order chi connectivity index (χ1) is 13.9. The SMILES string of the molecule is CCC(C)(C)CC(=O)c1cc(-c2ccc(F)cc2)cc(-n2nnnc2C2CC2)c1.